The molecule has 0 aliphatic carbocycles. The minimum absolute atomic E-state index is 0.302. The van der Waals surface area contributed by atoms with Crippen molar-refractivity contribution in [2.24, 2.45) is 0 Å². The molecule has 0 saturated heterocycles. The molecule has 94 valence electrons. The van der Waals surface area contributed by atoms with Crippen molar-refractivity contribution in [1.29, 1.82) is 0 Å². The molecule has 0 bridgehead atoms. The summed E-state index contributed by atoms with van der Waals surface area (Å²) in [5.41, 5.74) is 3.87. The normalized spacial score (nSPS) is 12.3. The Bertz CT molecular complexity index is 494. The number of benzene rings is 1. The van der Waals surface area contributed by atoms with Crippen LogP contribution >= 0.6 is 0 Å². The molecule has 1 aromatic carbocycles. The Kier molecular flexibility index (Phi) is 3.98. The van der Waals surface area contributed by atoms with Crippen molar-refractivity contribution >= 4 is 0 Å². The van der Waals surface area contributed by atoms with Crippen molar-refractivity contribution < 1.29 is 0 Å². The molecule has 1 unspecified atom stereocenters. The van der Waals surface area contributed by atoms with E-state index in [9.17, 15) is 0 Å². The summed E-state index contributed by atoms with van der Waals surface area (Å²) in [7, 11) is 0. The van der Waals surface area contributed by atoms with Gasteiger partial charge < -0.3 is 4.57 Å². The van der Waals surface area contributed by atoms with E-state index in [-0.39, 0.29) is 0 Å². The van der Waals surface area contributed by atoms with Gasteiger partial charge in [0.05, 0.1) is 12.4 Å². The van der Waals surface area contributed by atoms with Crippen molar-refractivity contribution in [2.75, 3.05) is 0 Å². The van der Waals surface area contributed by atoms with Crippen LogP contribution in [0.2, 0.25) is 0 Å². The molecule has 1 heterocycles. The second-order valence-electron chi connectivity index (χ2n) is 4.78. The lowest BCUT2D eigenvalue weighted by Gasteiger charge is -2.19. The zero-order valence-electron chi connectivity index (χ0n) is 11.1. The predicted octanol–water partition coefficient (Wildman–Crippen LogP) is 4.00. The number of hydrogen-bond acceptors (Lipinski definition) is 1. The molecule has 0 N–H and O–H groups in total. The zero-order chi connectivity index (χ0) is 13.0. The Balaban J connectivity index is 2.30. The van der Waals surface area contributed by atoms with Crippen LogP contribution in [0.1, 0.15) is 37.4 Å². The third-order valence-corrected chi connectivity index (χ3v) is 3.20. The molecule has 0 radical (unpaired) electrons. The van der Waals surface area contributed by atoms with Gasteiger partial charge in [0.2, 0.25) is 0 Å². The molecule has 1 atom stereocenters. The SMILES string of the molecule is C=C(C)CC(c1ccc(CC)cc1)n1ccnc1. The Morgan fingerprint density at radius 3 is 2.56 bits per heavy atom. The fraction of sp³-hybridized carbons (Fsp3) is 0.312. The fourth-order valence-corrected chi connectivity index (χ4v) is 2.15. The van der Waals surface area contributed by atoms with E-state index in [1.807, 2.05) is 18.7 Å². The van der Waals surface area contributed by atoms with Crippen LogP contribution < -0.4 is 0 Å². The van der Waals surface area contributed by atoms with Gasteiger partial charge in [0, 0.05) is 12.4 Å². The molecule has 2 heteroatoms. The van der Waals surface area contributed by atoms with E-state index in [0.717, 1.165) is 12.8 Å². The summed E-state index contributed by atoms with van der Waals surface area (Å²) in [6, 6.07) is 9.14. The highest BCUT2D eigenvalue weighted by Crippen LogP contribution is 2.25. The Morgan fingerprint density at radius 1 is 1.33 bits per heavy atom. The van der Waals surface area contributed by atoms with Gasteiger partial charge in [-0.3, -0.25) is 0 Å². The number of imidazole rings is 1. The topological polar surface area (TPSA) is 17.8 Å². The molecule has 2 rings (SSSR count). The first-order valence-corrected chi connectivity index (χ1v) is 6.41. The Labute approximate surface area is 109 Å². The second-order valence-corrected chi connectivity index (χ2v) is 4.78. The third-order valence-electron chi connectivity index (χ3n) is 3.20. The number of rotatable bonds is 5. The van der Waals surface area contributed by atoms with Crippen molar-refractivity contribution in [3.8, 4) is 0 Å². The van der Waals surface area contributed by atoms with Gasteiger partial charge in [0.25, 0.3) is 0 Å². The monoisotopic (exact) mass is 240 g/mol. The van der Waals surface area contributed by atoms with Gasteiger partial charge in [0.15, 0.2) is 0 Å². The molecule has 2 nitrogen and oxygen atoms in total. The summed E-state index contributed by atoms with van der Waals surface area (Å²) >= 11 is 0. The number of aryl methyl sites for hydroxylation is 1. The van der Waals surface area contributed by atoms with E-state index in [0.29, 0.717) is 6.04 Å². The lowest BCUT2D eigenvalue weighted by molar-refractivity contribution is 0.578. The highest BCUT2D eigenvalue weighted by molar-refractivity contribution is 5.26. The van der Waals surface area contributed by atoms with Gasteiger partial charge in [0.1, 0.15) is 0 Å². The van der Waals surface area contributed by atoms with Crippen LogP contribution in [0, 0.1) is 0 Å². The van der Waals surface area contributed by atoms with Crippen LogP contribution in [-0.4, -0.2) is 9.55 Å². The Morgan fingerprint density at radius 2 is 2.06 bits per heavy atom. The smallest absolute Gasteiger partial charge is 0.0951 e. The number of nitrogens with zero attached hydrogens (tertiary/aromatic N) is 2. The first-order chi connectivity index (χ1) is 8.70. The van der Waals surface area contributed by atoms with Crippen molar-refractivity contribution in [1.82, 2.24) is 9.55 Å². The van der Waals surface area contributed by atoms with Crippen LogP contribution in [0.4, 0.5) is 0 Å². The van der Waals surface area contributed by atoms with Crippen LogP contribution in [0.5, 0.6) is 0 Å². The summed E-state index contributed by atoms with van der Waals surface area (Å²) in [6.45, 7) is 8.28. The van der Waals surface area contributed by atoms with Gasteiger partial charge in [-0.2, -0.15) is 0 Å². The van der Waals surface area contributed by atoms with Crippen LogP contribution in [0.3, 0.4) is 0 Å². The molecule has 18 heavy (non-hydrogen) atoms. The minimum Gasteiger partial charge on any atom is -0.330 e. The third kappa shape index (κ3) is 2.89. The number of hydrogen-bond donors (Lipinski definition) is 0. The summed E-state index contributed by atoms with van der Waals surface area (Å²) in [4.78, 5) is 4.14. The first-order valence-electron chi connectivity index (χ1n) is 6.41. The molecule has 0 aliphatic rings. The van der Waals surface area contributed by atoms with Crippen LogP contribution in [0.25, 0.3) is 0 Å². The van der Waals surface area contributed by atoms with E-state index in [1.54, 1.807) is 0 Å². The largest absolute Gasteiger partial charge is 0.330 e. The Hall–Kier alpha value is -1.83. The maximum absolute atomic E-state index is 4.14. The van der Waals surface area contributed by atoms with E-state index in [1.165, 1.54) is 16.7 Å². The molecule has 2 aromatic rings. The lowest BCUT2D eigenvalue weighted by atomic mass is 9.98. The van der Waals surface area contributed by atoms with Crippen LogP contribution in [-0.2, 0) is 6.42 Å². The molecule has 0 aliphatic heterocycles. The number of aromatic nitrogens is 2. The molecule has 1 aromatic heterocycles. The summed E-state index contributed by atoms with van der Waals surface area (Å²) in [6.07, 6.45) is 7.74. The number of allylic oxidation sites excluding steroid dienone is 1. The highest BCUT2D eigenvalue weighted by atomic mass is 15.0. The van der Waals surface area contributed by atoms with E-state index in [4.69, 9.17) is 0 Å². The second kappa shape index (κ2) is 5.67. The maximum Gasteiger partial charge on any atom is 0.0951 e. The molecule has 0 saturated carbocycles. The summed E-state index contributed by atoms with van der Waals surface area (Å²) in [5.74, 6) is 0. The highest BCUT2D eigenvalue weighted by Gasteiger charge is 2.13. The summed E-state index contributed by atoms with van der Waals surface area (Å²) in [5, 5.41) is 0. The quantitative estimate of drug-likeness (QED) is 0.722. The molecule has 0 spiro atoms. The van der Waals surface area contributed by atoms with Gasteiger partial charge in [-0.05, 0) is 30.9 Å². The summed E-state index contributed by atoms with van der Waals surface area (Å²) < 4.78 is 2.15. The fourth-order valence-electron chi connectivity index (χ4n) is 2.15. The average molecular weight is 240 g/mol. The van der Waals surface area contributed by atoms with E-state index < -0.39 is 0 Å². The van der Waals surface area contributed by atoms with Gasteiger partial charge in [-0.15, -0.1) is 6.58 Å². The van der Waals surface area contributed by atoms with Crippen molar-refractivity contribution in [3.63, 3.8) is 0 Å². The van der Waals surface area contributed by atoms with Gasteiger partial charge in [-0.25, -0.2) is 4.98 Å². The molecular formula is C16H20N2. The molecule has 0 fully saturated rings. The molecule has 0 amide bonds. The maximum atomic E-state index is 4.14. The minimum atomic E-state index is 0.302. The van der Waals surface area contributed by atoms with Crippen molar-refractivity contribution in [2.45, 2.75) is 32.7 Å². The van der Waals surface area contributed by atoms with Gasteiger partial charge >= 0.3 is 0 Å². The van der Waals surface area contributed by atoms with Crippen LogP contribution in [0.15, 0.2) is 55.1 Å². The van der Waals surface area contributed by atoms with E-state index in [2.05, 4.69) is 54.2 Å². The zero-order valence-corrected chi connectivity index (χ0v) is 11.1. The van der Waals surface area contributed by atoms with Gasteiger partial charge in [-0.1, -0.05) is 36.8 Å². The first kappa shape index (κ1) is 12.6. The average Bonchev–Trinajstić information content (AvgIpc) is 2.89. The standard InChI is InChI=1S/C16H20N2/c1-4-14-5-7-15(8-6-14)16(11-13(2)3)18-10-9-17-12-18/h5-10,12,16H,2,4,11H2,1,3H3. The van der Waals surface area contributed by atoms with E-state index >= 15 is 0 Å². The predicted molar refractivity (Wildman–Crippen MR) is 75.6 cm³/mol. The van der Waals surface area contributed by atoms with Crippen molar-refractivity contribution in [3.05, 3.63) is 66.3 Å². The molecular weight excluding hydrogens is 220 g/mol. The lowest BCUT2D eigenvalue weighted by Crippen LogP contribution is -2.09.